The van der Waals surface area contributed by atoms with Gasteiger partial charge in [0.1, 0.15) is 23.1 Å². The van der Waals surface area contributed by atoms with Gasteiger partial charge in [-0.05, 0) is 79.1 Å². The summed E-state index contributed by atoms with van der Waals surface area (Å²) in [5.41, 5.74) is 3.60. The molecule has 0 saturated heterocycles. The SMILES string of the molecule is Br.O=C(Nc1cccnc1)Oc1ccc(OCc2nc3ccccc3s2)cc1C1(c2ccccc2)CC2CCC1C2. The number of hydrogen-bond donors (Lipinski definition) is 1. The predicted octanol–water partition coefficient (Wildman–Crippen LogP) is 8.57. The number of pyridine rings is 1. The van der Waals surface area contributed by atoms with Crippen LogP contribution in [0, 0.1) is 11.8 Å². The maximum atomic E-state index is 13.0. The van der Waals surface area contributed by atoms with Gasteiger partial charge in [-0.25, -0.2) is 9.78 Å². The molecule has 3 atom stereocenters. The van der Waals surface area contributed by atoms with Crippen molar-refractivity contribution in [2.24, 2.45) is 11.8 Å². The molecule has 5 aromatic rings. The molecule has 2 heterocycles. The van der Waals surface area contributed by atoms with E-state index < -0.39 is 6.09 Å². The van der Waals surface area contributed by atoms with Gasteiger partial charge in [-0.1, -0.05) is 48.9 Å². The number of halogens is 1. The molecule has 2 aromatic heterocycles. The van der Waals surface area contributed by atoms with Gasteiger partial charge in [-0.3, -0.25) is 10.3 Å². The van der Waals surface area contributed by atoms with Crippen LogP contribution in [0.1, 0.15) is 41.8 Å². The number of anilines is 1. The highest BCUT2D eigenvalue weighted by molar-refractivity contribution is 8.93. The van der Waals surface area contributed by atoms with Gasteiger partial charge in [-0.2, -0.15) is 0 Å². The van der Waals surface area contributed by atoms with Gasteiger partial charge < -0.3 is 9.47 Å². The second kappa shape index (κ2) is 11.6. The largest absolute Gasteiger partial charge is 0.486 e. The smallest absolute Gasteiger partial charge is 0.417 e. The van der Waals surface area contributed by atoms with Crippen LogP contribution in [-0.4, -0.2) is 16.1 Å². The second-order valence-corrected chi connectivity index (χ2v) is 11.8. The molecule has 8 heteroatoms. The molecule has 2 aliphatic rings. The number of ether oxygens (including phenoxy) is 2. The molecule has 0 radical (unpaired) electrons. The number of aromatic nitrogens is 2. The van der Waals surface area contributed by atoms with Crippen molar-refractivity contribution in [2.45, 2.75) is 37.7 Å². The van der Waals surface area contributed by atoms with Crippen LogP contribution in [0.2, 0.25) is 0 Å². The number of nitrogens with one attached hydrogen (secondary N) is 1. The molecule has 2 aliphatic carbocycles. The van der Waals surface area contributed by atoms with E-state index in [0.717, 1.165) is 39.4 Å². The van der Waals surface area contributed by atoms with Crippen molar-refractivity contribution in [1.29, 1.82) is 0 Å². The summed E-state index contributed by atoms with van der Waals surface area (Å²) in [6.45, 7) is 0.380. The Hall–Kier alpha value is -3.75. The summed E-state index contributed by atoms with van der Waals surface area (Å²) in [5.74, 6) is 2.44. The molecule has 7 rings (SSSR count). The van der Waals surface area contributed by atoms with Gasteiger partial charge >= 0.3 is 6.09 Å². The number of thiazole rings is 1. The monoisotopic (exact) mass is 627 g/mol. The summed E-state index contributed by atoms with van der Waals surface area (Å²) in [6.07, 6.45) is 7.37. The lowest BCUT2D eigenvalue weighted by Gasteiger charge is -2.40. The van der Waals surface area contributed by atoms with Crippen molar-refractivity contribution in [3.05, 3.63) is 113 Å². The summed E-state index contributed by atoms with van der Waals surface area (Å²) >= 11 is 1.65. The highest BCUT2D eigenvalue weighted by atomic mass is 79.9. The molecule has 208 valence electrons. The Morgan fingerprint density at radius 2 is 1.85 bits per heavy atom. The minimum absolute atomic E-state index is 0. The molecular weight excluding hydrogens is 598 g/mol. The Balaban J connectivity index is 0.00000302. The fourth-order valence-corrected chi connectivity index (χ4v) is 7.63. The van der Waals surface area contributed by atoms with Crippen LogP contribution in [0.4, 0.5) is 10.5 Å². The van der Waals surface area contributed by atoms with Crippen LogP contribution in [0.3, 0.4) is 0 Å². The Morgan fingerprint density at radius 3 is 2.61 bits per heavy atom. The number of carbonyl (C=O) groups is 1. The average Bonchev–Trinajstić information content (AvgIpc) is 3.73. The lowest BCUT2D eigenvalue weighted by Crippen LogP contribution is -2.35. The van der Waals surface area contributed by atoms with Crippen molar-refractivity contribution < 1.29 is 14.3 Å². The van der Waals surface area contributed by atoms with Crippen molar-refractivity contribution in [1.82, 2.24) is 9.97 Å². The topological polar surface area (TPSA) is 73.3 Å². The fraction of sp³-hybridized carbons (Fsp3) is 0.242. The van der Waals surface area contributed by atoms with E-state index in [4.69, 9.17) is 14.5 Å². The van der Waals surface area contributed by atoms with Crippen LogP contribution < -0.4 is 14.8 Å². The Morgan fingerprint density at radius 1 is 1.00 bits per heavy atom. The number of carbonyl (C=O) groups excluding carboxylic acids is 1. The summed E-state index contributed by atoms with van der Waals surface area (Å²) in [6, 6.07) is 28.2. The molecule has 3 unspecified atom stereocenters. The molecule has 41 heavy (non-hydrogen) atoms. The third kappa shape index (κ3) is 5.34. The minimum Gasteiger partial charge on any atom is -0.486 e. The van der Waals surface area contributed by atoms with Crippen LogP contribution in [0.5, 0.6) is 11.5 Å². The molecular formula is C33H30BrN3O3S. The minimum atomic E-state index is -0.538. The number of rotatable bonds is 7. The number of para-hydroxylation sites is 1. The van der Waals surface area contributed by atoms with Crippen molar-refractivity contribution >= 4 is 50.3 Å². The Bertz CT molecular complexity index is 1630. The van der Waals surface area contributed by atoms with Gasteiger partial charge in [0.2, 0.25) is 0 Å². The molecule has 2 bridgehead atoms. The number of nitrogens with zero attached hydrogens (tertiary/aromatic N) is 2. The Kier molecular flexibility index (Phi) is 7.77. The number of benzene rings is 3. The zero-order valence-electron chi connectivity index (χ0n) is 22.4. The average molecular weight is 629 g/mol. The van der Waals surface area contributed by atoms with E-state index in [1.807, 2.05) is 30.3 Å². The quantitative estimate of drug-likeness (QED) is 0.196. The van der Waals surface area contributed by atoms with E-state index in [2.05, 4.69) is 52.8 Å². The zero-order valence-corrected chi connectivity index (χ0v) is 24.9. The highest BCUT2D eigenvalue weighted by Gasteiger charge is 2.54. The first-order valence-corrected chi connectivity index (χ1v) is 14.6. The van der Waals surface area contributed by atoms with Gasteiger partial charge in [0, 0.05) is 17.2 Å². The normalized spacial score (nSPS) is 20.9. The lowest BCUT2D eigenvalue weighted by molar-refractivity contribution is 0.212. The van der Waals surface area contributed by atoms with Crippen LogP contribution in [-0.2, 0) is 12.0 Å². The fourth-order valence-electron chi connectivity index (χ4n) is 6.75. The molecule has 1 N–H and O–H groups in total. The Labute approximate surface area is 253 Å². The lowest BCUT2D eigenvalue weighted by atomic mass is 9.64. The van der Waals surface area contributed by atoms with Gasteiger partial charge in [0.25, 0.3) is 0 Å². The molecule has 3 aromatic carbocycles. The summed E-state index contributed by atoms with van der Waals surface area (Å²) in [5, 5.41) is 3.73. The second-order valence-electron chi connectivity index (χ2n) is 10.7. The molecule has 2 fully saturated rings. The third-order valence-corrected chi connectivity index (χ3v) is 9.39. The van der Waals surface area contributed by atoms with Crippen LogP contribution >= 0.6 is 28.3 Å². The predicted molar refractivity (Wildman–Crippen MR) is 167 cm³/mol. The maximum absolute atomic E-state index is 13.0. The van der Waals surface area contributed by atoms with Crippen molar-refractivity contribution in [3.8, 4) is 11.5 Å². The maximum Gasteiger partial charge on any atom is 0.417 e. The summed E-state index contributed by atoms with van der Waals surface area (Å²) in [7, 11) is 0. The van der Waals surface area contributed by atoms with E-state index in [1.165, 1.54) is 18.4 Å². The van der Waals surface area contributed by atoms with Gasteiger partial charge in [0.15, 0.2) is 0 Å². The summed E-state index contributed by atoms with van der Waals surface area (Å²) in [4.78, 5) is 21.8. The zero-order chi connectivity index (χ0) is 26.9. The van der Waals surface area contributed by atoms with Crippen molar-refractivity contribution in [2.75, 3.05) is 5.32 Å². The first-order valence-electron chi connectivity index (χ1n) is 13.7. The number of amides is 1. The van der Waals surface area contributed by atoms with Crippen LogP contribution in [0.15, 0.2) is 97.3 Å². The van der Waals surface area contributed by atoms with E-state index in [0.29, 0.717) is 29.9 Å². The summed E-state index contributed by atoms with van der Waals surface area (Å²) < 4.78 is 13.5. The van der Waals surface area contributed by atoms with E-state index in [1.54, 1.807) is 35.9 Å². The molecule has 0 spiro atoms. The standard InChI is InChI=1S/C33H29N3O3S.BrH/c37-32(35-25-9-6-16-34-20-25)39-29-15-14-26(38-21-31-36-28-10-4-5-11-30(28)40-31)18-27(29)33(23-7-2-1-3-8-23)19-22-12-13-24(33)17-22;/h1-11,14-16,18,20,22,24H,12-13,17,19,21H2,(H,35,37);1H. The first-order chi connectivity index (χ1) is 19.7. The van der Waals surface area contributed by atoms with E-state index in [-0.39, 0.29) is 22.4 Å². The van der Waals surface area contributed by atoms with Gasteiger partial charge in [0.05, 0.1) is 22.1 Å². The highest BCUT2D eigenvalue weighted by Crippen LogP contribution is 2.61. The molecule has 0 aliphatic heterocycles. The van der Waals surface area contributed by atoms with E-state index in [9.17, 15) is 4.79 Å². The molecule has 1 amide bonds. The first kappa shape index (κ1) is 27.4. The number of fused-ring (bicyclic) bond motifs is 3. The third-order valence-electron chi connectivity index (χ3n) is 8.38. The van der Waals surface area contributed by atoms with Crippen molar-refractivity contribution in [3.63, 3.8) is 0 Å². The molecule has 2 saturated carbocycles. The van der Waals surface area contributed by atoms with Gasteiger partial charge in [-0.15, -0.1) is 28.3 Å². The number of hydrogen-bond acceptors (Lipinski definition) is 6. The molecule has 6 nitrogen and oxygen atoms in total. The van der Waals surface area contributed by atoms with E-state index >= 15 is 0 Å². The van der Waals surface area contributed by atoms with Crippen LogP contribution in [0.25, 0.3) is 10.2 Å².